The van der Waals surface area contributed by atoms with Gasteiger partial charge in [0.1, 0.15) is 12.4 Å². The van der Waals surface area contributed by atoms with E-state index in [1.54, 1.807) is 12.1 Å². The molecular weight excluding hydrogens is 206 g/mol. The molecule has 1 aromatic carbocycles. The third-order valence-corrected chi connectivity index (χ3v) is 1.66. The van der Waals surface area contributed by atoms with Crippen LogP contribution >= 0.6 is 15.9 Å². The van der Waals surface area contributed by atoms with Crippen molar-refractivity contribution in [2.75, 3.05) is 13.1 Å². The van der Waals surface area contributed by atoms with Crippen LogP contribution in [-0.4, -0.2) is 13.1 Å². The van der Waals surface area contributed by atoms with Crippen LogP contribution in [0.1, 0.15) is 2.74 Å². The Labute approximate surface area is 77.3 Å². The van der Waals surface area contributed by atoms with Gasteiger partial charge in [0, 0.05) is 13.7 Å². The summed E-state index contributed by atoms with van der Waals surface area (Å²) in [7, 11) is 0. The largest absolute Gasteiger partial charge is 0.492 e. The molecule has 0 aromatic heterocycles. The number of benzene rings is 1. The summed E-state index contributed by atoms with van der Waals surface area (Å²) in [5.74, 6) is 0.609. The molecule has 0 unspecified atom stereocenters. The van der Waals surface area contributed by atoms with E-state index in [9.17, 15) is 0 Å². The van der Waals surface area contributed by atoms with Gasteiger partial charge < -0.3 is 10.5 Å². The quantitative estimate of drug-likeness (QED) is 0.839. The molecule has 3 heteroatoms. The van der Waals surface area contributed by atoms with Crippen molar-refractivity contribution >= 4 is 15.9 Å². The molecule has 2 N–H and O–H groups in total. The second kappa shape index (κ2) is 4.36. The van der Waals surface area contributed by atoms with Crippen molar-refractivity contribution in [3.8, 4) is 5.75 Å². The van der Waals surface area contributed by atoms with Crippen LogP contribution < -0.4 is 10.5 Å². The lowest BCUT2D eigenvalue weighted by Gasteiger charge is -2.02. The molecule has 11 heavy (non-hydrogen) atoms. The molecule has 60 valence electrons. The van der Waals surface area contributed by atoms with E-state index in [-0.39, 0.29) is 6.61 Å². The van der Waals surface area contributed by atoms with E-state index in [1.807, 2.05) is 12.1 Å². The van der Waals surface area contributed by atoms with Gasteiger partial charge in [0.05, 0.1) is 0 Å². The van der Waals surface area contributed by atoms with Crippen molar-refractivity contribution in [3.05, 3.63) is 28.7 Å². The minimum atomic E-state index is -1.78. The number of ether oxygens (including phenoxy) is 1. The minimum Gasteiger partial charge on any atom is -0.492 e. The SMILES string of the molecule is [2H]C([2H])(N)COc1ccc(Br)cc1. The van der Waals surface area contributed by atoms with Gasteiger partial charge in [-0.3, -0.25) is 0 Å². The van der Waals surface area contributed by atoms with Crippen molar-refractivity contribution < 1.29 is 7.48 Å². The van der Waals surface area contributed by atoms with Crippen molar-refractivity contribution in [2.45, 2.75) is 0 Å². The highest BCUT2D eigenvalue weighted by Crippen LogP contribution is 2.15. The minimum absolute atomic E-state index is 0.144. The first kappa shape index (κ1) is 6.03. The molecule has 1 rings (SSSR count). The molecule has 0 saturated heterocycles. The number of nitrogens with two attached hydrogens (primary N) is 1. The molecule has 1 aromatic rings. The van der Waals surface area contributed by atoms with Crippen molar-refractivity contribution in [1.29, 1.82) is 0 Å². The summed E-state index contributed by atoms with van der Waals surface area (Å²) in [5, 5.41) is 0. The number of rotatable bonds is 3. The molecule has 0 aliphatic rings. The number of halogens is 1. The van der Waals surface area contributed by atoms with Crippen LogP contribution in [0.25, 0.3) is 0 Å². The molecule has 0 aliphatic heterocycles. The lowest BCUT2D eigenvalue weighted by atomic mass is 10.3. The second-order valence-corrected chi connectivity index (χ2v) is 2.86. The van der Waals surface area contributed by atoms with E-state index in [0.717, 1.165) is 4.47 Å². The lowest BCUT2D eigenvalue weighted by Crippen LogP contribution is -2.10. The molecule has 0 aliphatic carbocycles. The summed E-state index contributed by atoms with van der Waals surface area (Å²) in [4.78, 5) is 0. The predicted molar refractivity (Wildman–Crippen MR) is 48.7 cm³/mol. The Morgan fingerprint density at radius 3 is 2.64 bits per heavy atom. The van der Waals surface area contributed by atoms with E-state index in [4.69, 9.17) is 13.2 Å². The van der Waals surface area contributed by atoms with Crippen LogP contribution in [0.3, 0.4) is 0 Å². The van der Waals surface area contributed by atoms with Crippen molar-refractivity contribution in [3.63, 3.8) is 0 Å². The van der Waals surface area contributed by atoms with Gasteiger partial charge in [-0.15, -0.1) is 0 Å². The van der Waals surface area contributed by atoms with Crippen LogP contribution in [0, 0.1) is 0 Å². The van der Waals surface area contributed by atoms with Crippen LogP contribution in [0.15, 0.2) is 28.7 Å². The summed E-state index contributed by atoms with van der Waals surface area (Å²) in [6, 6.07) is 7.13. The molecule has 2 nitrogen and oxygen atoms in total. The highest BCUT2D eigenvalue weighted by molar-refractivity contribution is 9.10. The Hall–Kier alpha value is -0.540. The average Bonchev–Trinajstić information content (AvgIpc) is 2.02. The van der Waals surface area contributed by atoms with Gasteiger partial charge in [0.15, 0.2) is 0 Å². The maximum Gasteiger partial charge on any atom is 0.119 e. The van der Waals surface area contributed by atoms with Crippen LogP contribution in [-0.2, 0) is 0 Å². The van der Waals surface area contributed by atoms with Gasteiger partial charge in [-0.2, -0.15) is 0 Å². The fourth-order valence-corrected chi connectivity index (χ4v) is 0.920. The Morgan fingerprint density at radius 2 is 2.09 bits per heavy atom. The summed E-state index contributed by atoms with van der Waals surface area (Å²) < 4.78 is 20.1. The standard InChI is InChI=1S/C8H10BrNO/c9-7-1-3-8(4-2-7)11-6-5-10/h1-4H,5-6,10H2/i5D2. The first-order chi connectivity index (χ1) is 5.97. The smallest absolute Gasteiger partial charge is 0.119 e. The Morgan fingerprint density at radius 1 is 1.45 bits per heavy atom. The third kappa shape index (κ3) is 2.91. The van der Waals surface area contributed by atoms with E-state index < -0.39 is 6.50 Å². The Kier molecular flexibility index (Phi) is 2.39. The van der Waals surface area contributed by atoms with Gasteiger partial charge in [-0.05, 0) is 24.3 Å². The molecule has 0 radical (unpaired) electrons. The van der Waals surface area contributed by atoms with Crippen molar-refractivity contribution in [1.82, 2.24) is 0 Å². The normalized spacial score (nSPS) is 13.6. The maximum absolute atomic E-state index is 7.03. The zero-order valence-corrected chi connectivity index (χ0v) is 7.47. The van der Waals surface area contributed by atoms with E-state index in [2.05, 4.69) is 15.9 Å². The van der Waals surface area contributed by atoms with Gasteiger partial charge >= 0.3 is 0 Å². The molecule has 0 heterocycles. The van der Waals surface area contributed by atoms with E-state index >= 15 is 0 Å². The van der Waals surface area contributed by atoms with Crippen LogP contribution in [0.4, 0.5) is 0 Å². The molecule has 0 spiro atoms. The van der Waals surface area contributed by atoms with Crippen molar-refractivity contribution in [2.24, 2.45) is 5.73 Å². The number of hydrogen-bond donors (Lipinski definition) is 1. The summed E-state index contributed by atoms with van der Waals surface area (Å²) >= 11 is 3.28. The predicted octanol–water partition coefficient (Wildman–Crippen LogP) is 1.79. The Bertz CT molecular complexity index is 270. The molecule has 0 atom stereocenters. The molecular formula is C8H10BrNO. The monoisotopic (exact) mass is 217 g/mol. The second-order valence-electron chi connectivity index (χ2n) is 1.95. The summed E-state index contributed by atoms with van der Waals surface area (Å²) in [6.45, 7) is -1.93. The van der Waals surface area contributed by atoms with Gasteiger partial charge in [-0.1, -0.05) is 15.9 Å². The van der Waals surface area contributed by atoms with Gasteiger partial charge in [-0.25, -0.2) is 0 Å². The van der Waals surface area contributed by atoms with Gasteiger partial charge in [0.2, 0.25) is 0 Å². The first-order valence-corrected chi connectivity index (χ1v) is 3.94. The number of hydrogen-bond acceptors (Lipinski definition) is 2. The lowest BCUT2D eigenvalue weighted by molar-refractivity contribution is 0.328. The molecule has 0 amide bonds. The van der Waals surface area contributed by atoms with Gasteiger partial charge in [0.25, 0.3) is 0 Å². The molecule has 0 bridgehead atoms. The average molecular weight is 218 g/mol. The highest BCUT2D eigenvalue weighted by atomic mass is 79.9. The van der Waals surface area contributed by atoms with Crippen LogP contribution in [0.5, 0.6) is 5.75 Å². The van der Waals surface area contributed by atoms with E-state index in [1.165, 1.54) is 0 Å². The summed E-state index contributed by atoms with van der Waals surface area (Å²) in [5.41, 5.74) is 5.11. The fourth-order valence-electron chi connectivity index (χ4n) is 0.656. The van der Waals surface area contributed by atoms with Crippen LogP contribution in [0.2, 0.25) is 0 Å². The zero-order valence-electron chi connectivity index (χ0n) is 7.88. The third-order valence-electron chi connectivity index (χ3n) is 1.14. The molecule has 0 saturated carbocycles. The highest BCUT2D eigenvalue weighted by Gasteiger charge is 1.90. The Balaban J connectivity index is 2.51. The maximum atomic E-state index is 7.03. The molecule has 0 fully saturated rings. The topological polar surface area (TPSA) is 35.2 Å². The zero-order chi connectivity index (χ0) is 9.90. The first-order valence-electron chi connectivity index (χ1n) is 4.15. The fraction of sp³-hybridized carbons (Fsp3) is 0.250. The van der Waals surface area contributed by atoms with E-state index in [0.29, 0.717) is 5.75 Å². The summed E-state index contributed by atoms with van der Waals surface area (Å²) in [6.07, 6.45) is 0.